The molecule has 108 valence electrons. The Kier molecular flexibility index (Phi) is 2.34. The van der Waals surface area contributed by atoms with Crippen LogP contribution in [0, 0.1) is 0 Å². The van der Waals surface area contributed by atoms with Crippen LogP contribution >= 0.6 is 0 Å². The fourth-order valence-electron chi connectivity index (χ4n) is 2.10. The van der Waals surface area contributed by atoms with Gasteiger partial charge >= 0.3 is 0 Å². The van der Waals surface area contributed by atoms with Crippen LogP contribution in [0.3, 0.4) is 0 Å². The van der Waals surface area contributed by atoms with Gasteiger partial charge in [-0.05, 0) is 6.07 Å². The molecule has 8 heteroatoms. The van der Waals surface area contributed by atoms with Crippen LogP contribution in [0.4, 0.5) is 0 Å². The lowest BCUT2D eigenvalue weighted by molar-refractivity contribution is 0.347. The second-order valence-electron chi connectivity index (χ2n) is 4.37. The molecule has 0 aliphatic rings. The number of phenolic OH excluding ortho intramolecular Hbond substituents is 6. The summed E-state index contributed by atoms with van der Waals surface area (Å²) in [6, 6.07) is 1.90. The van der Waals surface area contributed by atoms with Crippen molar-refractivity contribution in [1.29, 1.82) is 0 Å². The normalized spacial score (nSPS) is 11.2. The molecule has 0 spiro atoms. The number of phenols is 6. The SMILES string of the molecule is O=c1c2cc(O)cc(O)c2oc2c(O)c(O)c(O)c(O)c12. The third kappa shape index (κ3) is 1.52. The van der Waals surface area contributed by atoms with Crippen LogP contribution in [0.2, 0.25) is 0 Å². The van der Waals surface area contributed by atoms with Gasteiger partial charge in [0.25, 0.3) is 0 Å². The summed E-state index contributed by atoms with van der Waals surface area (Å²) in [7, 11) is 0. The number of aromatic hydroxyl groups is 6. The predicted molar refractivity (Wildman–Crippen MR) is 70.0 cm³/mol. The number of benzene rings is 2. The largest absolute Gasteiger partial charge is 0.508 e. The van der Waals surface area contributed by atoms with Crippen molar-refractivity contribution in [3.8, 4) is 34.5 Å². The van der Waals surface area contributed by atoms with E-state index < -0.39 is 50.9 Å². The average molecular weight is 292 g/mol. The summed E-state index contributed by atoms with van der Waals surface area (Å²) in [5, 5.41) is 56.5. The molecule has 3 rings (SSSR count). The van der Waals surface area contributed by atoms with Crippen molar-refractivity contribution in [3.05, 3.63) is 22.4 Å². The summed E-state index contributed by atoms with van der Waals surface area (Å²) < 4.78 is 5.12. The highest BCUT2D eigenvalue weighted by Crippen LogP contribution is 2.48. The summed E-state index contributed by atoms with van der Waals surface area (Å²) in [5.41, 5.74) is -1.88. The standard InChI is InChI=1S/C13H8O8/c14-3-1-4-7(16)6-8(17)9(18)10(19)11(20)13(6)21-12(4)5(15)2-3/h1-2,14-15,17-20H. The molecule has 0 unspecified atom stereocenters. The van der Waals surface area contributed by atoms with Crippen molar-refractivity contribution in [2.75, 3.05) is 0 Å². The van der Waals surface area contributed by atoms with Crippen LogP contribution in [0.1, 0.15) is 0 Å². The molecule has 0 radical (unpaired) electrons. The van der Waals surface area contributed by atoms with E-state index >= 15 is 0 Å². The summed E-state index contributed by atoms with van der Waals surface area (Å²) in [6.45, 7) is 0. The molecule has 0 atom stereocenters. The molecule has 21 heavy (non-hydrogen) atoms. The van der Waals surface area contributed by atoms with Gasteiger partial charge in [-0.3, -0.25) is 4.79 Å². The quantitative estimate of drug-likeness (QED) is 0.205. The monoisotopic (exact) mass is 292 g/mol. The van der Waals surface area contributed by atoms with Gasteiger partial charge in [-0.15, -0.1) is 0 Å². The first-order chi connectivity index (χ1) is 9.82. The Bertz CT molecular complexity index is 970. The van der Waals surface area contributed by atoms with Crippen molar-refractivity contribution in [2.24, 2.45) is 0 Å². The molecule has 0 aliphatic carbocycles. The highest BCUT2D eigenvalue weighted by Gasteiger charge is 2.24. The van der Waals surface area contributed by atoms with Gasteiger partial charge in [-0.25, -0.2) is 0 Å². The Morgan fingerprint density at radius 1 is 0.762 bits per heavy atom. The van der Waals surface area contributed by atoms with Crippen molar-refractivity contribution < 1.29 is 35.1 Å². The maximum Gasteiger partial charge on any atom is 0.208 e. The van der Waals surface area contributed by atoms with Gasteiger partial charge in [0, 0.05) is 6.07 Å². The summed E-state index contributed by atoms with van der Waals surface area (Å²) in [4.78, 5) is 12.3. The molecule has 3 aromatic rings. The van der Waals surface area contributed by atoms with E-state index in [4.69, 9.17) is 4.42 Å². The van der Waals surface area contributed by atoms with Crippen LogP contribution in [0.25, 0.3) is 21.9 Å². The van der Waals surface area contributed by atoms with E-state index in [9.17, 15) is 35.4 Å². The Morgan fingerprint density at radius 3 is 2.05 bits per heavy atom. The lowest BCUT2D eigenvalue weighted by Gasteiger charge is -2.09. The molecule has 1 heterocycles. The highest BCUT2D eigenvalue weighted by atomic mass is 16.4. The van der Waals surface area contributed by atoms with E-state index in [1.165, 1.54) is 0 Å². The Morgan fingerprint density at radius 2 is 1.38 bits per heavy atom. The van der Waals surface area contributed by atoms with E-state index in [0.29, 0.717) is 0 Å². The minimum absolute atomic E-state index is 0.278. The number of hydrogen-bond donors (Lipinski definition) is 6. The fourth-order valence-corrected chi connectivity index (χ4v) is 2.10. The molecule has 2 aromatic carbocycles. The summed E-state index contributed by atoms with van der Waals surface area (Å²) in [5.74, 6) is -5.10. The molecule has 1 aromatic heterocycles. The minimum Gasteiger partial charge on any atom is -0.508 e. The molecule has 8 nitrogen and oxygen atoms in total. The summed E-state index contributed by atoms with van der Waals surface area (Å²) in [6.07, 6.45) is 0. The molecular formula is C13H8O8. The summed E-state index contributed by atoms with van der Waals surface area (Å²) >= 11 is 0. The number of fused-ring (bicyclic) bond motifs is 2. The molecule has 0 saturated carbocycles. The number of rotatable bonds is 0. The van der Waals surface area contributed by atoms with Crippen LogP contribution in [-0.2, 0) is 0 Å². The fraction of sp³-hybridized carbons (Fsp3) is 0. The Balaban J connectivity index is 2.71. The van der Waals surface area contributed by atoms with Gasteiger partial charge in [0.15, 0.2) is 22.7 Å². The third-order valence-electron chi connectivity index (χ3n) is 3.08. The highest BCUT2D eigenvalue weighted by molar-refractivity contribution is 6.00. The Labute approximate surface area is 115 Å². The average Bonchev–Trinajstić information content (AvgIpc) is 2.43. The molecule has 6 N–H and O–H groups in total. The van der Waals surface area contributed by atoms with Gasteiger partial charge in [0.05, 0.1) is 5.39 Å². The van der Waals surface area contributed by atoms with Crippen LogP contribution in [-0.4, -0.2) is 30.6 Å². The lowest BCUT2D eigenvalue weighted by Crippen LogP contribution is -2.03. The second-order valence-corrected chi connectivity index (χ2v) is 4.37. The zero-order chi connectivity index (χ0) is 15.5. The van der Waals surface area contributed by atoms with Crippen molar-refractivity contribution in [3.63, 3.8) is 0 Å². The molecule has 0 fully saturated rings. The zero-order valence-electron chi connectivity index (χ0n) is 10.2. The van der Waals surface area contributed by atoms with Crippen LogP contribution in [0.15, 0.2) is 21.3 Å². The van der Waals surface area contributed by atoms with Gasteiger partial charge < -0.3 is 35.1 Å². The first-order valence-electron chi connectivity index (χ1n) is 5.61. The molecule has 0 saturated heterocycles. The lowest BCUT2D eigenvalue weighted by atomic mass is 10.1. The first-order valence-corrected chi connectivity index (χ1v) is 5.61. The molecular weight excluding hydrogens is 284 g/mol. The molecule has 0 aliphatic heterocycles. The van der Waals surface area contributed by atoms with Gasteiger partial charge in [0.2, 0.25) is 22.7 Å². The van der Waals surface area contributed by atoms with E-state index in [2.05, 4.69) is 0 Å². The molecule has 0 amide bonds. The maximum absolute atomic E-state index is 12.3. The van der Waals surface area contributed by atoms with E-state index in [1.807, 2.05) is 0 Å². The van der Waals surface area contributed by atoms with Crippen molar-refractivity contribution in [1.82, 2.24) is 0 Å². The topological polar surface area (TPSA) is 152 Å². The van der Waals surface area contributed by atoms with Gasteiger partial charge in [-0.2, -0.15) is 0 Å². The smallest absolute Gasteiger partial charge is 0.208 e. The number of hydrogen-bond acceptors (Lipinski definition) is 8. The second kappa shape index (κ2) is 3.85. The maximum atomic E-state index is 12.3. The predicted octanol–water partition coefficient (Wildman–Crippen LogP) is 1.18. The van der Waals surface area contributed by atoms with Crippen molar-refractivity contribution >= 4 is 21.9 Å². The van der Waals surface area contributed by atoms with Gasteiger partial charge in [-0.1, -0.05) is 0 Å². The minimum atomic E-state index is -1.09. The first kappa shape index (κ1) is 12.7. The van der Waals surface area contributed by atoms with E-state index in [-0.39, 0.29) is 11.0 Å². The van der Waals surface area contributed by atoms with Crippen LogP contribution < -0.4 is 5.43 Å². The van der Waals surface area contributed by atoms with E-state index in [1.54, 1.807) is 0 Å². The third-order valence-corrected chi connectivity index (χ3v) is 3.08. The van der Waals surface area contributed by atoms with Crippen LogP contribution in [0.5, 0.6) is 34.5 Å². The molecule has 0 bridgehead atoms. The van der Waals surface area contributed by atoms with E-state index in [0.717, 1.165) is 12.1 Å². The van der Waals surface area contributed by atoms with Gasteiger partial charge in [0.1, 0.15) is 11.1 Å². The Hall–Kier alpha value is -3.29. The zero-order valence-corrected chi connectivity index (χ0v) is 10.2. The van der Waals surface area contributed by atoms with Crippen molar-refractivity contribution in [2.45, 2.75) is 0 Å².